The molecule has 0 radical (unpaired) electrons. The number of fused-ring (bicyclic) bond motifs is 1. The van der Waals surface area contributed by atoms with E-state index in [2.05, 4.69) is 10.3 Å². The molecule has 0 fully saturated rings. The van der Waals surface area contributed by atoms with E-state index < -0.39 is 0 Å². The number of nitrogens with one attached hydrogen (secondary N) is 2. The van der Waals surface area contributed by atoms with Crippen LogP contribution in [0.5, 0.6) is 5.75 Å². The van der Waals surface area contributed by atoms with Gasteiger partial charge in [-0.2, -0.15) is 0 Å². The topological polar surface area (TPSA) is 74.4 Å². The molecule has 1 amide bonds. The third-order valence-corrected chi connectivity index (χ3v) is 2.93. The number of hydrogen-bond acceptors (Lipinski definition) is 3. The highest BCUT2D eigenvalue weighted by Crippen LogP contribution is 2.27. The van der Waals surface area contributed by atoms with Crippen LogP contribution in [0.4, 0.5) is 0 Å². The highest BCUT2D eigenvalue weighted by atomic mass is 16.5. The van der Waals surface area contributed by atoms with Crippen molar-refractivity contribution in [2.45, 2.75) is 6.42 Å². The molecule has 2 aromatic rings. The van der Waals surface area contributed by atoms with Gasteiger partial charge in [0, 0.05) is 24.6 Å². The van der Waals surface area contributed by atoms with Gasteiger partial charge in [-0.25, -0.2) is 0 Å². The van der Waals surface area contributed by atoms with E-state index in [-0.39, 0.29) is 12.5 Å². The Morgan fingerprint density at radius 3 is 2.89 bits per heavy atom. The molecule has 0 atom stereocenters. The first-order valence-corrected chi connectivity index (χ1v) is 5.72. The maximum absolute atomic E-state index is 11.8. The van der Waals surface area contributed by atoms with Crippen LogP contribution in [0.3, 0.4) is 0 Å². The number of benzene rings is 1. The summed E-state index contributed by atoms with van der Waals surface area (Å²) in [5.74, 6) is 0.540. The molecule has 18 heavy (non-hydrogen) atoms. The minimum atomic E-state index is -0.186. The molecule has 5 nitrogen and oxygen atoms in total. The largest absolute Gasteiger partial charge is 0.497 e. The van der Waals surface area contributed by atoms with Gasteiger partial charge in [-0.05, 0) is 30.2 Å². The number of carbonyl (C=O) groups is 1. The van der Waals surface area contributed by atoms with Crippen molar-refractivity contribution >= 4 is 16.8 Å². The summed E-state index contributed by atoms with van der Waals surface area (Å²) in [6.07, 6.45) is 0.427. The van der Waals surface area contributed by atoms with Crippen molar-refractivity contribution in [3.05, 3.63) is 29.5 Å². The van der Waals surface area contributed by atoms with Gasteiger partial charge in [0.25, 0.3) is 5.91 Å². The summed E-state index contributed by atoms with van der Waals surface area (Å²) in [5.41, 5.74) is 2.17. The third-order valence-electron chi connectivity index (χ3n) is 2.93. The molecule has 1 aromatic heterocycles. The lowest BCUT2D eigenvalue weighted by molar-refractivity contribution is 0.0958. The van der Waals surface area contributed by atoms with E-state index in [1.165, 1.54) is 0 Å². The fourth-order valence-electron chi connectivity index (χ4n) is 2.04. The number of ether oxygens (including phenoxy) is 1. The summed E-state index contributed by atoms with van der Waals surface area (Å²) in [6, 6.07) is 5.56. The fourth-order valence-corrected chi connectivity index (χ4v) is 2.04. The van der Waals surface area contributed by atoms with Gasteiger partial charge in [0.05, 0.1) is 7.11 Å². The number of carbonyl (C=O) groups excluding carboxylic acids is 1. The Hall–Kier alpha value is -2.01. The van der Waals surface area contributed by atoms with Crippen molar-refractivity contribution in [1.82, 2.24) is 10.3 Å². The normalized spacial score (nSPS) is 10.6. The highest BCUT2D eigenvalue weighted by molar-refractivity contribution is 6.01. The predicted octanol–water partition coefficient (Wildman–Crippen LogP) is 1.07. The first-order valence-electron chi connectivity index (χ1n) is 5.72. The number of aromatic nitrogens is 1. The lowest BCUT2D eigenvalue weighted by Crippen LogP contribution is -2.19. The van der Waals surface area contributed by atoms with E-state index in [1.807, 2.05) is 18.2 Å². The molecule has 0 unspecified atom stereocenters. The molecule has 0 saturated carbocycles. The van der Waals surface area contributed by atoms with Crippen LogP contribution in [0.2, 0.25) is 0 Å². The molecule has 1 heterocycles. The van der Waals surface area contributed by atoms with Gasteiger partial charge in [-0.15, -0.1) is 0 Å². The van der Waals surface area contributed by atoms with Gasteiger partial charge in [0.1, 0.15) is 11.4 Å². The molecule has 0 spiro atoms. The van der Waals surface area contributed by atoms with E-state index in [0.29, 0.717) is 12.1 Å². The van der Waals surface area contributed by atoms with Crippen LogP contribution in [0.15, 0.2) is 18.2 Å². The number of H-pyrrole nitrogens is 1. The Labute approximate surface area is 105 Å². The summed E-state index contributed by atoms with van der Waals surface area (Å²) in [5, 5.41) is 12.6. The van der Waals surface area contributed by atoms with E-state index in [9.17, 15) is 4.79 Å². The Morgan fingerprint density at radius 2 is 2.28 bits per heavy atom. The zero-order chi connectivity index (χ0) is 13.1. The summed E-state index contributed by atoms with van der Waals surface area (Å²) in [6.45, 7) is -0.00580. The molecular formula is C13H16N2O3. The van der Waals surface area contributed by atoms with Crippen molar-refractivity contribution < 1.29 is 14.6 Å². The summed E-state index contributed by atoms with van der Waals surface area (Å²) >= 11 is 0. The summed E-state index contributed by atoms with van der Waals surface area (Å²) in [4.78, 5) is 14.9. The van der Waals surface area contributed by atoms with Crippen LogP contribution in [-0.4, -0.2) is 36.8 Å². The Morgan fingerprint density at radius 1 is 1.50 bits per heavy atom. The standard InChI is InChI=1S/C13H16N2O3/c1-14-13(17)12-9(5-6-16)10-7-8(18-2)3-4-11(10)15-12/h3-4,7,15-16H,5-6H2,1-2H3,(H,14,17). The van der Waals surface area contributed by atoms with Crippen LogP contribution >= 0.6 is 0 Å². The average molecular weight is 248 g/mol. The van der Waals surface area contributed by atoms with E-state index in [0.717, 1.165) is 22.2 Å². The van der Waals surface area contributed by atoms with Gasteiger partial charge >= 0.3 is 0 Å². The van der Waals surface area contributed by atoms with E-state index in [1.54, 1.807) is 14.2 Å². The van der Waals surface area contributed by atoms with Gasteiger partial charge in [0.15, 0.2) is 0 Å². The zero-order valence-corrected chi connectivity index (χ0v) is 10.4. The third kappa shape index (κ3) is 2.04. The van der Waals surface area contributed by atoms with E-state index in [4.69, 9.17) is 9.84 Å². The average Bonchev–Trinajstić information content (AvgIpc) is 2.76. The molecule has 96 valence electrons. The second-order valence-electron chi connectivity index (χ2n) is 3.94. The number of methoxy groups -OCH3 is 1. The smallest absolute Gasteiger partial charge is 0.267 e. The van der Waals surface area contributed by atoms with Crippen LogP contribution in [0.25, 0.3) is 10.9 Å². The van der Waals surface area contributed by atoms with Gasteiger partial charge in [-0.3, -0.25) is 4.79 Å². The molecule has 0 aliphatic heterocycles. The first-order chi connectivity index (χ1) is 8.71. The molecule has 5 heteroatoms. The fraction of sp³-hybridized carbons (Fsp3) is 0.308. The monoisotopic (exact) mass is 248 g/mol. The second kappa shape index (κ2) is 5.10. The Kier molecular flexibility index (Phi) is 3.53. The van der Waals surface area contributed by atoms with Crippen LogP contribution in [0, 0.1) is 0 Å². The molecule has 0 bridgehead atoms. The summed E-state index contributed by atoms with van der Waals surface area (Å²) < 4.78 is 5.17. The maximum atomic E-state index is 11.8. The zero-order valence-electron chi connectivity index (χ0n) is 10.4. The van der Waals surface area contributed by atoms with Crippen molar-refractivity contribution in [1.29, 1.82) is 0 Å². The predicted molar refractivity (Wildman–Crippen MR) is 69.0 cm³/mol. The van der Waals surface area contributed by atoms with Crippen molar-refractivity contribution in [3.63, 3.8) is 0 Å². The minimum absolute atomic E-state index is 0.00580. The second-order valence-corrected chi connectivity index (χ2v) is 3.94. The Bertz CT molecular complexity index is 575. The Balaban J connectivity index is 2.64. The van der Waals surface area contributed by atoms with Crippen LogP contribution in [-0.2, 0) is 6.42 Å². The number of aliphatic hydroxyl groups is 1. The van der Waals surface area contributed by atoms with Gasteiger partial charge in [-0.1, -0.05) is 0 Å². The number of aromatic amines is 1. The lowest BCUT2D eigenvalue weighted by Gasteiger charge is -2.02. The molecule has 2 rings (SSSR count). The number of hydrogen-bond donors (Lipinski definition) is 3. The lowest BCUT2D eigenvalue weighted by atomic mass is 10.1. The van der Waals surface area contributed by atoms with Crippen LogP contribution in [0.1, 0.15) is 16.1 Å². The maximum Gasteiger partial charge on any atom is 0.267 e. The SMILES string of the molecule is CNC(=O)c1[nH]c2ccc(OC)cc2c1CCO. The molecule has 1 aromatic carbocycles. The molecule has 3 N–H and O–H groups in total. The van der Waals surface area contributed by atoms with Crippen molar-refractivity contribution in [3.8, 4) is 5.75 Å². The quantitative estimate of drug-likeness (QED) is 0.757. The van der Waals surface area contributed by atoms with Gasteiger partial charge < -0.3 is 20.1 Å². The van der Waals surface area contributed by atoms with E-state index >= 15 is 0 Å². The molecular weight excluding hydrogens is 232 g/mol. The first kappa shape index (κ1) is 12.4. The van der Waals surface area contributed by atoms with Crippen LogP contribution < -0.4 is 10.1 Å². The van der Waals surface area contributed by atoms with Crippen molar-refractivity contribution in [2.75, 3.05) is 20.8 Å². The highest BCUT2D eigenvalue weighted by Gasteiger charge is 2.16. The van der Waals surface area contributed by atoms with Crippen molar-refractivity contribution in [2.24, 2.45) is 0 Å². The number of aliphatic hydroxyl groups excluding tert-OH is 1. The summed E-state index contributed by atoms with van der Waals surface area (Å²) in [7, 11) is 3.18. The van der Waals surface area contributed by atoms with Gasteiger partial charge in [0.2, 0.25) is 0 Å². The number of rotatable bonds is 4. The molecule has 0 aliphatic carbocycles. The number of amides is 1. The molecule has 0 aliphatic rings. The minimum Gasteiger partial charge on any atom is -0.497 e. The molecule has 0 saturated heterocycles.